The van der Waals surface area contributed by atoms with E-state index in [0.29, 0.717) is 25.3 Å². The topological polar surface area (TPSA) is 105 Å². The van der Waals surface area contributed by atoms with Gasteiger partial charge in [-0.05, 0) is 35.7 Å². The number of hydrogen-bond donors (Lipinski definition) is 1. The highest BCUT2D eigenvalue weighted by atomic mass is 32.2. The summed E-state index contributed by atoms with van der Waals surface area (Å²) >= 11 is 2.63. The minimum absolute atomic E-state index is 0.0448. The maximum absolute atomic E-state index is 12.7. The Balaban J connectivity index is 1.51. The van der Waals surface area contributed by atoms with Crippen LogP contribution in [0, 0.1) is 0 Å². The van der Waals surface area contributed by atoms with Gasteiger partial charge in [-0.3, -0.25) is 10.1 Å². The Morgan fingerprint density at radius 2 is 2.19 bits per heavy atom. The Bertz CT molecular complexity index is 996. The van der Waals surface area contributed by atoms with Crippen molar-refractivity contribution in [2.24, 2.45) is 0 Å². The van der Waals surface area contributed by atoms with Gasteiger partial charge in [0.05, 0.1) is 0 Å². The van der Waals surface area contributed by atoms with Crippen LogP contribution in [0.15, 0.2) is 43.0 Å². The number of thiophene rings is 2. The van der Waals surface area contributed by atoms with Crippen molar-refractivity contribution in [2.75, 3.05) is 11.9 Å². The lowest BCUT2D eigenvalue weighted by molar-refractivity contribution is -0.119. The van der Waals surface area contributed by atoms with Gasteiger partial charge in [0.1, 0.15) is 10.3 Å². The molecule has 26 heavy (non-hydrogen) atoms. The summed E-state index contributed by atoms with van der Waals surface area (Å²) in [5, 5.41) is 15.7. The molecule has 1 saturated heterocycles. The number of anilines is 1. The lowest BCUT2D eigenvalue weighted by Crippen LogP contribution is -2.42. The highest BCUT2D eigenvalue weighted by Gasteiger charge is 2.40. The molecule has 11 heteroatoms. The summed E-state index contributed by atoms with van der Waals surface area (Å²) in [4.78, 5) is 12.6. The van der Waals surface area contributed by atoms with E-state index in [0.717, 1.165) is 16.9 Å². The van der Waals surface area contributed by atoms with Gasteiger partial charge in [-0.1, -0.05) is 11.2 Å². The first kappa shape index (κ1) is 17.3. The summed E-state index contributed by atoms with van der Waals surface area (Å²) in [6.45, 7) is 0.308. The number of carbonyl (C=O) groups excluding carboxylic acids is 1. The molecule has 1 N–H and O–H groups in total. The highest BCUT2D eigenvalue weighted by Crippen LogP contribution is 2.29. The Labute approximate surface area is 157 Å². The van der Waals surface area contributed by atoms with Crippen molar-refractivity contribution in [2.45, 2.75) is 23.1 Å². The van der Waals surface area contributed by atoms with Crippen LogP contribution in [0.2, 0.25) is 0 Å². The molecule has 4 rings (SSSR count). The van der Waals surface area contributed by atoms with Gasteiger partial charge in [0.25, 0.3) is 15.9 Å². The third-order valence-corrected chi connectivity index (χ3v) is 7.95. The smallest absolute Gasteiger partial charge is 0.322 e. The molecule has 3 aromatic heterocycles. The van der Waals surface area contributed by atoms with Crippen LogP contribution in [0.3, 0.4) is 0 Å². The summed E-state index contributed by atoms with van der Waals surface area (Å²) in [7, 11) is -3.69. The number of carbonyl (C=O) groups is 1. The molecule has 1 fully saturated rings. The minimum Gasteiger partial charge on any atom is -0.403 e. The van der Waals surface area contributed by atoms with Crippen molar-refractivity contribution >= 4 is 44.6 Å². The Kier molecular flexibility index (Phi) is 4.61. The third-order valence-electron chi connectivity index (χ3n) is 3.99. The molecule has 8 nitrogen and oxygen atoms in total. The Morgan fingerprint density at radius 3 is 2.92 bits per heavy atom. The molecule has 136 valence electrons. The molecule has 1 atom stereocenters. The van der Waals surface area contributed by atoms with Crippen LogP contribution in [-0.2, 0) is 14.8 Å². The molecule has 0 bridgehead atoms. The van der Waals surface area contributed by atoms with E-state index >= 15 is 0 Å². The van der Waals surface area contributed by atoms with Crippen LogP contribution < -0.4 is 5.32 Å². The quantitative estimate of drug-likeness (QED) is 0.693. The number of nitrogens with zero attached hydrogens (tertiary/aromatic N) is 3. The zero-order valence-electron chi connectivity index (χ0n) is 13.4. The predicted molar refractivity (Wildman–Crippen MR) is 97.5 cm³/mol. The first-order chi connectivity index (χ1) is 12.6. The molecule has 0 aliphatic carbocycles. The van der Waals surface area contributed by atoms with Gasteiger partial charge in [0, 0.05) is 17.5 Å². The van der Waals surface area contributed by atoms with Crippen molar-refractivity contribution in [3.8, 4) is 11.5 Å². The largest absolute Gasteiger partial charge is 0.403 e. The number of amides is 1. The molecule has 1 unspecified atom stereocenters. The molecule has 1 amide bonds. The monoisotopic (exact) mass is 410 g/mol. The third kappa shape index (κ3) is 3.18. The van der Waals surface area contributed by atoms with E-state index in [1.54, 1.807) is 17.5 Å². The Morgan fingerprint density at radius 1 is 1.31 bits per heavy atom. The van der Waals surface area contributed by atoms with Crippen LogP contribution >= 0.6 is 22.7 Å². The van der Waals surface area contributed by atoms with Gasteiger partial charge in [-0.25, -0.2) is 8.42 Å². The van der Waals surface area contributed by atoms with Crippen molar-refractivity contribution in [3.05, 3.63) is 34.3 Å². The average Bonchev–Trinajstić information content (AvgIpc) is 3.42. The molecule has 0 aromatic carbocycles. The maximum Gasteiger partial charge on any atom is 0.322 e. The van der Waals surface area contributed by atoms with Gasteiger partial charge in [-0.2, -0.15) is 15.6 Å². The second kappa shape index (κ2) is 6.91. The normalized spacial score (nSPS) is 18.2. The van der Waals surface area contributed by atoms with E-state index in [-0.39, 0.29) is 10.2 Å². The van der Waals surface area contributed by atoms with E-state index in [1.807, 2.05) is 16.8 Å². The van der Waals surface area contributed by atoms with E-state index in [9.17, 15) is 13.2 Å². The second-order valence-corrected chi connectivity index (χ2v) is 9.46. The lowest BCUT2D eigenvalue weighted by atomic mass is 10.2. The number of aromatic nitrogens is 2. The van der Waals surface area contributed by atoms with Crippen molar-refractivity contribution in [1.29, 1.82) is 0 Å². The van der Waals surface area contributed by atoms with Crippen LogP contribution in [0.5, 0.6) is 0 Å². The van der Waals surface area contributed by atoms with Crippen LogP contribution in [-0.4, -0.2) is 41.4 Å². The summed E-state index contributed by atoms with van der Waals surface area (Å²) in [5.74, 6) is -0.167. The van der Waals surface area contributed by atoms with Gasteiger partial charge in [0.2, 0.25) is 5.91 Å². The zero-order valence-corrected chi connectivity index (χ0v) is 15.8. The standard InChI is InChI=1S/C15H14N4O4S3/c20-13(16-15-18-17-14(23-15)10-5-8-24-9-10)11-3-1-6-19(11)26(21,22)12-4-2-7-25-12/h2,4-5,7-9,11H,1,3,6H2,(H,16,18,20). The summed E-state index contributed by atoms with van der Waals surface area (Å²) < 4.78 is 32.4. The second-order valence-electron chi connectivity index (χ2n) is 5.62. The minimum atomic E-state index is -3.69. The van der Waals surface area contributed by atoms with Gasteiger partial charge < -0.3 is 4.42 Å². The average molecular weight is 411 g/mol. The molecule has 1 aliphatic rings. The number of sulfonamides is 1. The van der Waals surface area contributed by atoms with Crippen LogP contribution in [0.4, 0.5) is 6.01 Å². The maximum atomic E-state index is 12.7. The molecular formula is C15H14N4O4S3. The van der Waals surface area contributed by atoms with Crippen LogP contribution in [0.1, 0.15) is 12.8 Å². The van der Waals surface area contributed by atoms with Crippen molar-refractivity contribution in [1.82, 2.24) is 14.5 Å². The fraction of sp³-hybridized carbons (Fsp3) is 0.267. The molecule has 4 heterocycles. The summed E-state index contributed by atoms with van der Waals surface area (Å²) in [6, 6.07) is 4.21. The van der Waals surface area contributed by atoms with E-state index in [4.69, 9.17) is 4.42 Å². The van der Waals surface area contributed by atoms with Crippen molar-refractivity contribution in [3.63, 3.8) is 0 Å². The Hall–Kier alpha value is -2.08. The van der Waals surface area contributed by atoms with Crippen molar-refractivity contribution < 1.29 is 17.6 Å². The number of rotatable bonds is 5. The van der Waals surface area contributed by atoms with Crippen LogP contribution in [0.25, 0.3) is 11.5 Å². The summed E-state index contributed by atoms with van der Waals surface area (Å²) in [6.07, 6.45) is 1.06. The lowest BCUT2D eigenvalue weighted by Gasteiger charge is -2.21. The van der Waals surface area contributed by atoms with Gasteiger partial charge >= 0.3 is 6.01 Å². The van der Waals surface area contributed by atoms with E-state index in [1.165, 1.54) is 15.6 Å². The highest BCUT2D eigenvalue weighted by molar-refractivity contribution is 7.91. The number of hydrogen-bond acceptors (Lipinski definition) is 8. The molecule has 0 saturated carbocycles. The van der Waals surface area contributed by atoms with Gasteiger partial charge in [-0.15, -0.1) is 16.4 Å². The van der Waals surface area contributed by atoms with E-state index < -0.39 is 22.0 Å². The molecule has 0 radical (unpaired) electrons. The molecular weight excluding hydrogens is 396 g/mol. The predicted octanol–water partition coefficient (Wildman–Crippen LogP) is 2.65. The molecule has 3 aromatic rings. The van der Waals surface area contributed by atoms with E-state index in [2.05, 4.69) is 15.5 Å². The molecule has 0 spiro atoms. The van der Waals surface area contributed by atoms with Gasteiger partial charge in [0.15, 0.2) is 0 Å². The number of nitrogens with one attached hydrogen (secondary N) is 1. The zero-order chi connectivity index (χ0) is 18.1. The fourth-order valence-corrected chi connectivity index (χ4v) is 6.19. The SMILES string of the molecule is O=C(Nc1nnc(-c2ccsc2)o1)C1CCCN1S(=O)(=O)c1cccs1. The molecule has 1 aliphatic heterocycles. The first-order valence-electron chi connectivity index (χ1n) is 7.78. The summed E-state index contributed by atoms with van der Waals surface area (Å²) in [5.41, 5.74) is 0.769. The fourth-order valence-electron chi connectivity index (χ4n) is 2.78. The first-order valence-corrected chi connectivity index (χ1v) is 11.0.